The summed E-state index contributed by atoms with van der Waals surface area (Å²) in [6.45, 7) is 21.8. The maximum absolute atomic E-state index is 9.41. The lowest BCUT2D eigenvalue weighted by Crippen LogP contribution is -2.46. The number of hydrogen-bond acceptors (Lipinski definition) is 10. The van der Waals surface area contributed by atoms with Crippen molar-refractivity contribution in [2.45, 2.75) is 44.5 Å². The Hall–Kier alpha value is -5.20. The number of rotatable bonds is 20. The minimum atomic E-state index is -0.924. The molecule has 3 aliphatic rings. The van der Waals surface area contributed by atoms with Crippen LogP contribution in [-0.2, 0) is 28.1 Å². The molecule has 5 aromatic rings. The Kier molecular flexibility index (Phi) is 18.7. The molecule has 3 aliphatic heterocycles. The number of nitrogens with zero attached hydrogens (tertiary/aromatic N) is 4. The van der Waals surface area contributed by atoms with Crippen LogP contribution in [0.5, 0.6) is 23.0 Å². The minimum absolute atomic E-state index is 0.200. The minimum Gasteiger partial charge on any atom is -0.508 e. The number of phenolic OH excluding ortho intramolecular Hbond substituents is 1. The predicted octanol–water partition coefficient (Wildman–Crippen LogP) is 10.7. The summed E-state index contributed by atoms with van der Waals surface area (Å²) >= 11 is 12.4. The summed E-state index contributed by atoms with van der Waals surface area (Å²) in [5, 5.41) is 10.5. The molecule has 0 amide bonds. The Balaban J connectivity index is 0.000000220. The van der Waals surface area contributed by atoms with Crippen molar-refractivity contribution in [1.82, 2.24) is 9.80 Å². The van der Waals surface area contributed by atoms with Crippen molar-refractivity contribution in [3.63, 3.8) is 0 Å². The molecule has 8 rings (SSSR count). The van der Waals surface area contributed by atoms with Gasteiger partial charge >= 0.3 is 0 Å². The van der Waals surface area contributed by atoms with E-state index < -0.39 is 5.79 Å². The summed E-state index contributed by atoms with van der Waals surface area (Å²) in [5.41, 5.74) is 5.82. The van der Waals surface area contributed by atoms with Gasteiger partial charge in [0, 0.05) is 74.3 Å². The molecule has 10 nitrogen and oxygen atoms in total. The van der Waals surface area contributed by atoms with Gasteiger partial charge in [-0.3, -0.25) is 9.80 Å². The number of aryl methyl sites for hydroxylation is 2. The number of halogens is 2. The summed E-state index contributed by atoms with van der Waals surface area (Å²) in [4.78, 5) is 9.92. The van der Waals surface area contributed by atoms with Crippen molar-refractivity contribution in [2.75, 3.05) is 102 Å². The third-order valence-corrected chi connectivity index (χ3v) is 12.9. The summed E-state index contributed by atoms with van der Waals surface area (Å²) in [6.07, 6.45) is 7.76. The van der Waals surface area contributed by atoms with Crippen LogP contribution < -0.4 is 24.0 Å². The van der Waals surface area contributed by atoms with Crippen LogP contribution >= 0.6 is 23.2 Å². The maximum atomic E-state index is 9.41. The highest BCUT2D eigenvalue weighted by Crippen LogP contribution is 2.39. The lowest BCUT2D eigenvalue weighted by Gasteiger charge is -2.36. The second-order valence-corrected chi connectivity index (χ2v) is 18.1. The number of hydrogen-bond donors (Lipinski definition) is 1. The van der Waals surface area contributed by atoms with Gasteiger partial charge in [-0.1, -0.05) is 78.8 Å². The summed E-state index contributed by atoms with van der Waals surface area (Å²) in [7, 11) is 0. The third kappa shape index (κ3) is 15.1. The van der Waals surface area contributed by atoms with Gasteiger partial charge in [-0.05, 0) is 142 Å². The first-order valence-corrected chi connectivity index (χ1v) is 24.3. The number of phenols is 1. The molecule has 0 aliphatic carbocycles. The molecule has 356 valence electrons. The highest BCUT2D eigenvalue weighted by Gasteiger charge is 2.40. The second-order valence-electron chi connectivity index (χ2n) is 17.3. The Morgan fingerprint density at radius 1 is 0.642 bits per heavy atom. The molecule has 0 aromatic heterocycles. The smallest absolute Gasteiger partial charge is 0.194 e. The Morgan fingerprint density at radius 3 is 1.67 bits per heavy atom. The van der Waals surface area contributed by atoms with E-state index in [1.165, 1.54) is 22.5 Å². The zero-order valence-corrected chi connectivity index (χ0v) is 40.4. The van der Waals surface area contributed by atoms with Crippen molar-refractivity contribution >= 4 is 34.6 Å². The van der Waals surface area contributed by atoms with Crippen LogP contribution in [0.3, 0.4) is 0 Å². The number of anilines is 2. The maximum Gasteiger partial charge on any atom is 0.194 e. The summed E-state index contributed by atoms with van der Waals surface area (Å²) in [5.74, 6) is 2.05. The average Bonchev–Trinajstić information content (AvgIpc) is 3.74. The van der Waals surface area contributed by atoms with Crippen molar-refractivity contribution in [1.29, 1.82) is 0 Å². The molecule has 67 heavy (non-hydrogen) atoms. The van der Waals surface area contributed by atoms with Gasteiger partial charge in [0.05, 0.1) is 11.6 Å². The third-order valence-electron chi connectivity index (χ3n) is 12.4. The zero-order chi connectivity index (χ0) is 46.9. The largest absolute Gasteiger partial charge is 0.508 e. The zero-order valence-electron chi connectivity index (χ0n) is 38.9. The molecule has 0 bridgehead atoms. The molecule has 3 heterocycles. The van der Waals surface area contributed by atoms with Gasteiger partial charge in [0.2, 0.25) is 0 Å². The molecule has 1 N–H and O–H groups in total. The van der Waals surface area contributed by atoms with Gasteiger partial charge in [-0.25, -0.2) is 0 Å². The number of ether oxygens (including phenoxy) is 5. The van der Waals surface area contributed by atoms with Crippen molar-refractivity contribution < 1.29 is 28.8 Å². The molecule has 3 fully saturated rings. The lowest BCUT2D eigenvalue weighted by atomic mass is 10.1. The van der Waals surface area contributed by atoms with E-state index in [4.69, 9.17) is 46.9 Å². The number of aromatic hydroxyl groups is 1. The second kappa shape index (κ2) is 25.2. The lowest BCUT2D eigenvalue weighted by molar-refractivity contribution is -0.164. The molecule has 1 unspecified atom stereocenters. The molecular weight excluding hydrogens is 884 g/mol. The summed E-state index contributed by atoms with van der Waals surface area (Å²) in [6, 6.07) is 37.9. The normalized spacial score (nSPS) is 18.8. The van der Waals surface area contributed by atoms with E-state index in [1.54, 1.807) is 36.4 Å². The SMILES string of the molecule is C=CCOc1cccc(CCCN2CCN(c3ccc(O)cc3)CC2)c1.C=CCOc1cccc(CCCN2CCN(c3ccc(OCC4CO[C@](C)(c5ccc(Cl)cc5Cl)O4)cc3)CC2)c1. The monoisotopic (exact) mass is 948 g/mol. The molecular formula is C55H66Cl2N4O6. The molecule has 0 radical (unpaired) electrons. The fraction of sp³-hybridized carbons (Fsp3) is 0.382. The van der Waals surface area contributed by atoms with Crippen LogP contribution in [0.15, 0.2) is 141 Å². The molecule has 2 atom stereocenters. The molecule has 3 saturated heterocycles. The standard InChI is InChI=1S/C33H38Cl2N2O4.C22H28N2O2/c1-3-20-38-29-8-4-6-25(21-29)7-5-15-36-16-18-37(19-17-36)27-10-12-28(13-11-27)39-23-30-24-40-33(2,41-30)31-14-9-26(34)22-32(31)35;1-2-17-26-22-7-3-5-19(18-22)6-4-12-23-13-15-24(16-14-23)20-8-10-21(25)11-9-20/h3-4,6,8-14,21-22,30H,1,5,7,15-20,23-24H2,2H3;2-3,5,7-11,18,25H,1,4,6,12-17H2/t30?,33-;/m0./s1. The van der Waals surface area contributed by atoms with E-state index in [1.807, 2.05) is 49.4 Å². The van der Waals surface area contributed by atoms with Crippen LogP contribution in [0.1, 0.15) is 36.5 Å². The van der Waals surface area contributed by atoms with Gasteiger partial charge in [-0.15, -0.1) is 0 Å². The van der Waals surface area contributed by atoms with Gasteiger partial charge < -0.3 is 38.6 Å². The van der Waals surface area contributed by atoms with Crippen molar-refractivity contribution in [3.05, 3.63) is 167 Å². The molecule has 12 heteroatoms. The Labute approximate surface area is 407 Å². The number of benzene rings is 5. The number of piperazine rings is 2. The Bertz CT molecular complexity index is 2300. The fourth-order valence-corrected chi connectivity index (χ4v) is 9.27. The first-order chi connectivity index (χ1) is 32.7. The first-order valence-electron chi connectivity index (χ1n) is 23.6. The van der Waals surface area contributed by atoms with Crippen molar-refractivity contribution in [3.8, 4) is 23.0 Å². The quantitative estimate of drug-likeness (QED) is 0.0762. The molecule has 0 saturated carbocycles. The van der Waals surface area contributed by atoms with Crippen LogP contribution in [0.25, 0.3) is 0 Å². The van der Waals surface area contributed by atoms with Crippen molar-refractivity contribution in [2.24, 2.45) is 0 Å². The average molecular weight is 950 g/mol. The van der Waals surface area contributed by atoms with E-state index in [0.29, 0.717) is 42.2 Å². The molecule has 5 aromatic carbocycles. The Morgan fingerprint density at radius 2 is 1.16 bits per heavy atom. The predicted molar refractivity (Wildman–Crippen MR) is 273 cm³/mol. The first kappa shape index (κ1) is 49.7. The highest BCUT2D eigenvalue weighted by atomic mass is 35.5. The van der Waals surface area contributed by atoms with Crippen LogP contribution in [-0.4, -0.2) is 113 Å². The summed E-state index contributed by atoms with van der Waals surface area (Å²) < 4.78 is 29.5. The van der Waals surface area contributed by atoms with E-state index >= 15 is 0 Å². The highest BCUT2D eigenvalue weighted by molar-refractivity contribution is 6.35. The van der Waals surface area contributed by atoms with Crippen LogP contribution in [0, 0.1) is 0 Å². The van der Waals surface area contributed by atoms with Gasteiger partial charge in [-0.2, -0.15) is 0 Å². The fourth-order valence-electron chi connectivity index (χ4n) is 8.69. The van der Waals surface area contributed by atoms with E-state index in [2.05, 4.69) is 81.3 Å². The van der Waals surface area contributed by atoms with Crippen LogP contribution in [0.2, 0.25) is 10.0 Å². The van der Waals surface area contributed by atoms with E-state index in [9.17, 15) is 5.11 Å². The van der Waals surface area contributed by atoms with Gasteiger partial charge in [0.25, 0.3) is 0 Å². The van der Waals surface area contributed by atoms with E-state index in [-0.39, 0.29) is 6.10 Å². The van der Waals surface area contributed by atoms with E-state index in [0.717, 1.165) is 114 Å². The topological polar surface area (TPSA) is 79.3 Å². The van der Waals surface area contributed by atoms with Gasteiger partial charge in [0.15, 0.2) is 5.79 Å². The van der Waals surface area contributed by atoms with Gasteiger partial charge in [0.1, 0.15) is 48.9 Å². The van der Waals surface area contributed by atoms with Crippen LogP contribution in [0.4, 0.5) is 11.4 Å². The molecule has 0 spiro atoms.